The number of rotatable bonds is 7. The summed E-state index contributed by atoms with van der Waals surface area (Å²) in [7, 11) is 1.89. The Balaban J connectivity index is 3.72. The minimum Gasteiger partial charge on any atom is -0.392 e. The minimum absolute atomic E-state index is 0.158. The van der Waals surface area contributed by atoms with Gasteiger partial charge in [0, 0.05) is 6.54 Å². The lowest BCUT2D eigenvalue weighted by Crippen LogP contribution is -2.30. The third-order valence-corrected chi connectivity index (χ3v) is 2.28. The largest absolute Gasteiger partial charge is 0.392 e. The SMILES string of the molecule is CCCC(CCC)C(O)CNC. The molecule has 12 heavy (non-hydrogen) atoms. The van der Waals surface area contributed by atoms with Gasteiger partial charge in [0.25, 0.3) is 0 Å². The maximum absolute atomic E-state index is 9.71. The van der Waals surface area contributed by atoms with Crippen LogP contribution in [-0.2, 0) is 0 Å². The van der Waals surface area contributed by atoms with Crippen molar-refractivity contribution in [1.29, 1.82) is 0 Å². The van der Waals surface area contributed by atoms with Crippen LogP contribution in [-0.4, -0.2) is 24.8 Å². The zero-order valence-electron chi connectivity index (χ0n) is 8.64. The molecular weight excluding hydrogens is 150 g/mol. The zero-order chi connectivity index (χ0) is 9.40. The Morgan fingerprint density at radius 1 is 1.17 bits per heavy atom. The summed E-state index contributed by atoms with van der Waals surface area (Å²) in [4.78, 5) is 0. The average Bonchev–Trinajstić information content (AvgIpc) is 2.04. The molecule has 0 aromatic rings. The second-order valence-corrected chi connectivity index (χ2v) is 3.46. The summed E-state index contributed by atoms with van der Waals surface area (Å²) in [6.45, 7) is 5.08. The maximum Gasteiger partial charge on any atom is 0.0692 e. The Labute approximate surface area is 76.4 Å². The van der Waals surface area contributed by atoms with Crippen molar-refractivity contribution >= 4 is 0 Å². The Bertz CT molecular complexity index is 89.8. The first-order valence-corrected chi connectivity index (χ1v) is 5.08. The van der Waals surface area contributed by atoms with Crippen molar-refractivity contribution in [3.05, 3.63) is 0 Å². The summed E-state index contributed by atoms with van der Waals surface area (Å²) in [5, 5.41) is 12.7. The van der Waals surface area contributed by atoms with Gasteiger partial charge in [-0.1, -0.05) is 26.7 Å². The molecule has 0 aliphatic carbocycles. The van der Waals surface area contributed by atoms with Crippen LogP contribution in [0.15, 0.2) is 0 Å². The van der Waals surface area contributed by atoms with Gasteiger partial charge in [0.05, 0.1) is 6.10 Å². The summed E-state index contributed by atoms with van der Waals surface area (Å²) >= 11 is 0. The van der Waals surface area contributed by atoms with E-state index in [0.717, 1.165) is 19.4 Å². The van der Waals surface area contributed by atoms with Gasteiger partial charge in [-0.3, -0.25) is 0 Å². The molecule has 2 N–H and O–H groups in total. The standard InChI is InChI=1S/C10H23NO/c1-4-6-9(7-5-2)10(12)8-11-3/h9-12H,4-8H2,1-3H3. The highest BCUT2D eigenvalue weighted by molar-refractivity contribution is 4.69. The number of likely N-dealkylation sites (N-methyl/N-ethyl adjacent to an activating group) is 1. The van der Waals surface area contributed by atoms with Gasteiger partial charge in [0.2, 0.25) is 0 Å². The second kappa shape index (κ2) is 7.56. The van der Waals surface area contributed by atoms with Gasteiger partial charge in [0.1, 0.15) is 0 Å². The molecule has 1 atom stereocenters. The van der Waals surface area contributed by atoms with E-state index < -0.39 is 0 Å². The minimum atomic E-state index is -0.158. The molecule has 2 nitrogen and oxygen atoms in total. The molecule has 0 amide bonds. The average molecular weight is 173 g/mol. The number of hydrogen-bond donors (Lipinski definition) is 2. The molecule has 0 aliphatic rings. The Morgan fingerprint density at radius 3 is 2.00 bits per heavy atom. The van der Waals surface area contributed by atoms with Crippen molar-refractivity contribution in [1.82, 2.24) is 5.32 Å². The Morgan fingerprint density at radius 2 is 1.67 bits per heavy atom. The normalized spacial score (nSPS) is 13.8. The molecule has 0 aliphatic heterocycles. The van der Waals surface area contributed by atoms with Crippen molar-refractivity contribution in [2.75, 3.05) is 13.6 Å². The number of hydrogen-bond acceptors (Lipinski definition) is 2. The van der Waals surface area contributed by atoms with Crippen molar-refractivity contribution in [3.8, 4) is 0 Å². The van der Waals surface area contributed by atoms with Crippen molar-refractivity contribution in [2.45, 2.75) is 45.6 Å². The van der Waals surface area contributed by atoms with Crippen LogP contribution in [0.3, 0.4) is 0 Å². The number of aliphatic hydroxyl groups is 1. The van der Waals surface area contributed by atoms with Gasteiger partial charge in [0.15, 0.2) is 0 Å². The highest BCUT2D eigenvalue weighted by atomic mass is 16.3. The second-order valence-electron chi connectivity index (χ2n) is 3.46. The van der Waals surface area contributed by atoms with E-state index in [1.54, 1.807) is 0 Å². The van der Waals surface area contributed by atoms with Crippen LogP contribution in [0.2, 0.25) is 0 Å². The third-order valence-electron chi connectivity index (χ3n) is 2.28. The van der Waals surface area contributed by atoms with Gasteiger partial charge in [-0.25, -0.2) is 0 Å². The first-order chi connectivity index (χ1) is 5.76. The van der Waals surface area contributed by atoms with Crippen molar-refractivity contribution < 1.29 is 5.11 Å². The number of nitrogens with one attached hydrogen (secondary N) is 1. The lowest BCUT2D eigenvalue weighted by atomic mass is 9.92. The quantitative estimate of drug-likeness (QED) is 0.615. The van der Waals surface area contributed by atoms with Crippen molar-refractivity contribution in [3.63, 3.8) is 0 Å². The lowest BCUT2D eigenvalue weighted by Gasteiger charge is -2.21. The van der Waals surface area contributed by atoms with E-state index in [4.69, 9.17) is 0 Å². The fourth-order valence-electron chi connectivity index (χ4n) is 1.65. The Kier molecular flexibility index (Phi) is 7.51. The topological polar surface area (TPSA) is 32.3 Å². The van der Waals surface area contributed by atoms with Crippen LogP contribution >= 0.6 is 0 Å². The smallest absolute Gasteiger partial charge is 0.0692 e. The molecule has 0 spiro atoms. The molecule has 0 bridgehead atoms. The third kappa shape index (κ3) is 4.73. The molecule has 0 saturated carbocycles. The molecule has 0 heterocycles. The van der Waals surface area contributed by atoms with Gasteiger partial charge < -0.3 is 10.4 Å². The molecule has 1 unspecified atom stereocenters. The van der Waals surface area contributed by atoms with Crippen LogP contribution in [0.25, 0.3) is 0 Å². The number of aliphatic hydroxyl groups excluding tert-OH is 1. The predicted molar refractivity (Wildman–Crippen MR) is 53.2 cm³/mol. The molecule has 2 heteroatoms. The van der Waals surface area contributed by atoms with Crippen LogP contribution < -0.4 is 5.32 Å². The molecule has 0 saturated heterocycles. The van der Waals surface area contributed by atoms with Gasteiger partial charge in [-0.15, -0.1) is 0 Å². The first kappa shape index (κ1) is 11.9. The molecule has 0 rings (SSSR count). The van der Waals surface area contributed by atoms with E-state index in [-0.39, 0.29) is 6.10 Å². The van der Waals surface area contributed by atoms with E-state index >= 15 is 0 Å². The fraction of sp³-hybridized carbons (Fsp3) is 1.00. The van der Waals surface area contributed by atoms with Crippen LogP contribution in [0, 0.1) is 5.92 Å². The van der Waals surface area contributed by atoms with Gasteiger partial charge in [-0.2, -0.15) is 0 Å². The van der Waals surface area contributed by atoms with Gasteiger partial charge >= 0.3 is 0 Å². The lowest BCUT2D eigenvalue weighted by molar-refractivity contribution is 0.0971. The van der Waals surface area contributed by atoms with E-state index in [2.05, 4.69) is 19.2 Å². The van der Waals surface area contributed by atoms with Gasteiger partial charge in [-0.05, 0) is 25.8 Å². The summed E-state index contributed by atoms with van der Waals surface area (Å²) in [6, 6.07) is 0. The monoisotopic (exact) mass is 173 g/mol. The van der Waals surface area contributed by atoms with E-state index in [0.29, 0.717) is 5.92 Å². The molecule has 0 aromatic heterocycles. The molecule has 0 radical (unpaired) electrons. The highest BCUT2D eigenvalue weighted by Crippen LogP contribution is 2.17. The molecule has 0 fully saturated rings. The first-order valence-electron chi connectivity index (χ1n) is 5.08. The molecule has 0 aromatic carbocycles. The highest BCUT2D eigenvalue weighted by Gasteiger charge is 2.15. The van der Waals surface area contributed by atoms with E-state index in [1.165, 1.54) is 12.8 Å². The van der Waals surface area contributed by atoms with Crippen LogP contribution in [0.4, 0.5) is 0 Å². The summed E-state index contributed by atoms with van der Waals surface area (Å²) in [5.74, 6) is 0.493. The summed E-state index contributed by atoms with van der Waals surface area (Å²) < 4.78 is 0. The van der Waals surface area contributed by atoms with Crippen LogP contribution in [0.5, 0.6) is 0 Å². The Hall–Kier alpha value is -0.0800. The fourth-order valence-corrected chi connectivity index (χ4v) is 1.65. The predicted octanol–water partition coefficient (Wildman–Crippen LogP) is 1.78. The summed E-state index contributed by atoms with van der Waals surface area (Å²) in [6.07, 6.45) is 4.49. The van der Waals surface area contributed by atoms with Crippen LogP contribution in [0.1, 0.15) is 39.5 Å². The van der Waals surface area contributed by atoms with Crippen molar-refractivity contribution in [2.24, 2.45) is 5.92 Å². The maximum atomic E-state index is 9.71. The van der Waals surface area contributed by atoms with E-state index in [9.17, 15) is 5.11 Å². The summed E-state index contributed by atoms with van der Waals surface area (Å²) in [5.41, 5.74) is 0. The van der Waals surface area contributed by atoms with E-state index in [1.807, 2.05) is 7.05 Å². The molecular formula is C10H23NO. The molecule has 74 valence electrons. The zero-order valence-corrected chi connectivity index (χ0v) is 8.64.